The van der Waals surface area contributed by atoms with Crippen molar-refractivity contribution in [2.45, 2.75) is 32.4 Å². The van der Waals surface area contributed by atoms with Gasteiger partial charge in [-0.15, -0.1) is 0 Å². The number of ether oxygens (including phenoxy) is 2. The standard InChI is InChI=1S/C16H23NO3/c1-11-10-17(3)12(2)8-15(11)20-16(18)13-6-5-7-14(9-13)19-4/h5-7,9,11-12,15H,8,10H2,1-4H3/t11-,12-,15-/m1/s1. The molecule has 1 aromatic carbocycles. The van der Waals surface area contributed by atoms with Gasteiger partial charge in [-0.2, -0.15) is 0 Å². The van der Waals surface area contributed by atoms with Crippen molar-refractivity contribution in [3.05, 3.63) is 29.8 Å². The van der Waals surface area contributed by atoms with Gasteiger partial charge in [-0.1, -0.05) is 13.0 Å². The van der Waals surface area contributed by atoms with E-state index in [4.69, 9.17) is 9.47 Å². The van der Waals surface area contributed by atoms with Gasteiger partial charge in [-0.3, -0.25) is 0 Å². The van der Waals surface area contributed by atoms with Crippen molar-refractivity contribution in [1.82, 2.24) is 4.90 Å². The summed E-state index contributed by atoms with van der Waals surface area (Å²) < 4.78 is 10.8. The zero-order valence-corrected chi connectivity index (χ0v) is 12.6. The van der Waals surface area contributed by atoms with E-state index in [-0.39, 0.29) is 12.1 Å². The van der Waals surface area contributed by atoms with E-state index in [0.29, 0.717) is 23.3 Å². The first-order chi connectivity index (χ1) is 9.51. The molecule has 2 rings (SSSR count). The van der Waals surface area contributed by atoms with Gasteiger partial charge in [0.1, 0.15) is 11.9 Å². The summed E-state index contributed by atoms with van der Waals surface area (Å²) in [6.45, 7) is 5.25. The third kappa shape index (κ3) is 3.31. The average molecular weight is 277 g/mol. The number of likely N-dealkylation sites (tertiary alicyclic amines) is 1. The van der Waals surface area contributed by atoms with Crippen molar-refractivity contribution in [3.8, 4) is 5.75 Å². The Hall–Kier alpha value is -1.55. The highest BCUT2D eigenvalue weighted by Crippen LogP contribution is 2.25. The fraction of sp³-hybridized carbons (Fsp3) is 0.562. The van der Waals surface area contributed by atoms with E-state index >= 15 is 0 Å². The van der Waals surface area contributed by atoms with Gasteiger partial charge in [0.25, 0.3) is 0 Å². The van der Waals surface area contributed by atoms with E-state index < -0.39 is 0 Å². The Morgan fingerprint density at radius 2 is 2.10 bits per heavy atom. The van der Waals surface area contributed by atoms with Crippen LogP contribution < -0.4 is 4.74 Å². The van der Waals surface area contributed by atoms with E-state index in [1.54, 1.807) is 25.3 Å². The lowest BCUT2D eigenvalue weighted by Gasteiger charge is -2.39. The lowest BCUT2D eigenvalue weighted by Crippen LogP contribution is -2.46. The van der Waals surface area contributed by atoms with Crippen LogP contribution in [0.4, 0.5) is 0 Å². The van der Waals surface area contributed by atoms with Gasteiger partial charge in [0.2, 0.25) is 0 Å². The minimum absolute atomic E-state index is 0.0140. The maximum Gasteiger partial charge on any atom is 0.338 e. The summed E-state index contributed by atoms with van der Waals surface area (Å²) in [4.78, 5) is 14.5. The SMILES string of the molecule is COc1cccc(C(=O)O[C@@H]2C[C@@H](C)N(C)C[C@H]2C)c1. The lowest BCUT2D eigenvalue weighted by molar-refractivity contribution is -0.0196. The first-order valence-electron chi connectivity index (χ1n) is 7.06. The molecular weight excluding hydrogens is 254 g/mol. The van der Waals surface area contributed by atoms with Crippen LogP contribution in [0, 0.1) is 5.92 Å². The highest BCUT2D eigenvalue weighted by Gasteiger charge is 2.31. The molecule has 1 saturated heterocycles. The molecule has 1 aliphatic rings. The maximum atomic E-state index is 12.2. The molecule has 1 fully saturated rings. The Bertz CT molecular complexity index is 475. The van der Waals surface area contributed by atoms with Crippen molar-refractivity contribution in [2.75, 3.05) is 20.7 Å². The number of hydrogen-bond donors (Lipinski definition) is 0. The van der Waals surface area contributed by atoms with Crippen molar-refractivity contribution in [2.24, 2.45) is 5.92 Å². The third-order valence-corrected chi connectivity index (χ3v) is 4.10. The molecule has 0 aromatic heterocycles. The number of hydrogen-bond acceptors (Lipinski definition) is 4. The molecule has 1 aromatic rings. The number of piperidine rings is 1. The molecule has 0 bridgehead atoms. The summed E-state index contributed by atoms with van der Waals surface area (Å²) in [5, 5.41) is 0. The quantitative estimate of drug-likeness (QED) is 0.796. The summed E-state index contributed by atoms with van der Waals surface area (Å²) in [5.41, 5.74) is 0.545. The summed E-state index contributed by atoms with van der Waals surface area (Å²) in [6, 6.07) is 7.53. The zero-order chi connectivity index (χ0) is 14.7. The van der Waals surface area contributed by atoms with Gasteiger partial charge >= 0.3 is 5.97 Å². The highest BCUT2D eigenvalue weighted by atomic mass is 16.5. The molecule has 4 nitrogen and oxygen atoms in total. The Labute approximate surface area is 120 Å². The molecule has 1 heterocycles. The predicted molar refractivity (Wildman–Crippen MR) is 78.1 cm³/mol. The fourth-order valence-corrected chi connectivity index (χ4v) is 2.62. The molecule has 0 amide bonds. The van der Waals surface area contributed by atoms with Crippen molar-refractivity contribution in [3.63, 3.8) is 0 Å². The topological polar surface area (TPSA) is 38.8 Å². The van der Waals surface area contributed by atoms with E-state index in [0.717, 1.165) is 13.0 Å². The molecule has 4 heteroatoms. The van der Waals surface area contributed by atoms with Crippen LogP contribution in [-0.2, 0) is 4.74 Å². The van der Waals surface area contributed by atoms with Crippen molar-refractivity contribution in [1.29, 1.82) is 0 Å². The smallest absolute Gasteiger partial charge is 0.338 e. The molecule has 0 aliphatic carbocycles. The first-order valence-corrected chi connectivity index (χ1v) is 7.06. The maximum absolute atomic E-state index is 12.2. The van der Waals surface area contributed by atoms with Gasteiger partial charge in [0.15, 0.2) is 0 Å². The molecule has 0 N–H and O–H groups in total. The molecule has 20 heavy (non-hydrogen) atoms. The number of nitrogens with zero attached hydrogens (tertiary/aromatic N) is 1. The zero-order valence-electron chi connectivity index (χ0n) is 12.6. The summed E-state index contributed by atoms with van der Waals surface area (Å²) in [5.74, 6) is 0.757. The van der Waals surface area contributed by atoms with Crippen LogP contribution in [0.2, 0.25) is 0 Å². The normalized spacial score (nSPS) is 27.1. The van der Waals surface area contributed by atoms with E-state index in [1.807, 2.05) is 6.07 Å². The molecule has 0 saturated carbocycles. The summed E-state index contributed by atoms with van der Waals surface area (Å²) in [6.07, 6.45) is 0.868. The Kier molecular flexibility index (Phi) is 4.65. The van der Waals surface area contributed by atoms with Crippen LogP contribution in [0.5, 0.6) is 5.75 Å². The molecule has 0 radical (unpaired) electrons. The van der Waals surface area contributed by atoms with Crippen molar-refractivity contribution < 1.29 is 14.3 Å². The summed E-state index contributed by atoms with van der Waals surface area (Å²) >= 11 is 0. The van der Waals surface area contributed by atoms with Gasteiger partial charge in [0.05, 0.1) is 12.7 Å². The second-order valence-corrected chi connectivity index (χ2v) is 5.68. The van der Waals surface area contributed by atoms with E-state index in [2.05, 4.69) is 25.8 Å². The van der Waals surface area contributed by atoms with Crippen LogP contribution in [-0.4, -0.2) is 43.7 Å². The summed E-state index contributed by atoms with van der Waals surface area (Å²) in [7, 11) is 3.70. The largest absolute Gasteiger partial charge is 0.497 e. The van der Waals surface area contributed by atoms with Gasteiger partial charge in [-0.05, 0) is 38.6 Å². The average Bonchev–Trinajstić information content (AvgIpc) is 2.44. The molecule has 3 atom stereocenters. The minimum atomic E-state index is -0.266. The Balaban J connectivity index is 2.03. The van der Waals surface area contributed by atoms with Crippen LogP contribution in [0.1, 0.15) is 30.6 Å². The number of carbonyl (C=O) groups is 1. The van der Waals surface area contributed by atoms with Crippen LogP contribution in [0.15, 0.2) is 24.3 Å². The van der Waals surface area contributed by atoms with Crippen LogP contribution >= 0.6 is 0 Å². The van der Waals surface area contributed by atoms with Crippen molar-refractivity contribution >= 4 is 5.97 Å². The predicted octanol–water partition coefficient (Wildman–Crippen LogP) is 2.58. The highest BCUT2D eigenvalue weighted by molar-refractivity contribution is 5.90. The van der Waals surface area contributed by atoms with Gasteiger partial charge < -0.3 is 14.4 Å². The monoisotopic (exact) mass is 277 g/mol. The minimum Gasteiger partial charge on any atom is -0.497 e. The number of esters is 1. The molecule has 110 valence electrons. The third-order valence-electron chi connectivity index (χ3n) is 4.10. The fourth-order valence-electron chi connectivity index (χ4n) is 2.62. The number of methoxy groups -OCH3 is 1. The number of rotatable bonds is 3. The van der Waals surface area contributed by atoms with Crippen LogP contribution in [0.3, 0.4) is 0 Å². The Morgan fingerprint density at radius 1 is 1.35 bits per heavy atom. The second-order valence-electron chi connectivity index (χ2n) is 5.68. The molecule has 0 unspecified atom stereocenters. The van der Waals surface area contributed by atoms with E-state index in [9.17, 15) is 4.79 Å². The molecule has 0 spiro atoms. The number of carbonyl (C=O) groups excluding carboxylic acids is 1. The van der Waals surface area contributed by atoms with Crippen LogP contribution in [0.25, 0.3) is 0 Å². The molecular formula is C16H23NO3. The second kappa shape index (κ2) is 6.27. The van der Waals surface area contributed by atoms with Gasteiger partial charge in [0, 0.05) is 18.5 Å². The lowest BCUT2D eigenvalue weighted by atomic mass is 9.92. The van der Waals surface area contributed by atoms with E-state index in [1.165, 1.54) is 0 Å². The molecule has 1 aliphatic heterocycles. The first kappa shape index (κ1) is 14.9. The Morgan fingerprint density at radius 3 is 2.80 bits per heavy atom. The van der Waals surface area contributed by atoms with Gasteiger partial charge in [-0.25, -0.2) is 4.79 Å². The number of benzene rings is 1.